The van der Waals surface area contributed by atoms with Crippen molar-refractivity contribution in [2.24, 2.45) is 0 Å². The summed E-state index contributed by atoms with van der Waals surface area (Å²) in [6, 6.07) is 3.32. The van der Waals surface area contributed by atoms with Gasteiger partial charge in [-0.25, -0.2) is 0 Å². The first-order valence-electron chi connectivity index (χ1n) is 7.16. The monoisotopic (exact) mass is 353 g/mol. The van der Waals surface area contributed by atoms with Crippen molar-refractivity contribution in [2.75, 3.05) is 32.4 Å². The molecule has 0 atom stereocenters. The highest BCUT2D eigenvalue weighted by Gasteiger charge is 2.15. The maximum absolute atomic E-state index is 12.1. The number of anilines is 1. The van der Waals surface area contributed by atoms with E-state index in [4.69, 9.17) is 18.6 Å². The fraction of sp³-hybridized carbons (Fsp3) is 0.400. The van der Waals surface area contributed by atoms with E-state index in [0.717, 1.165) is 0 Å². The minimum atomic E-state index is -0.217. The zero-order valence-electron chi connectivity index (χ0n) is 13.9. The Balaban J connectivity index is 2.02. The summed E-state index contributed by atoms with van der Waals surface area (Å²) in [6.45, 7) is 1.92. The predicted molar refractivity (Wildman–Crippen MR) is 89.1 cm³/mol. The van der Waals surface area contributed by atoms with Crippen molar-refractivity contribution in [3.63, 3.8) is 0 Å². The maximum atomic E-state index is 12.1. The van der Waals surface area contributed by atoms with Crippen LogP contribution in [0.5, 0.6) is 17.2 Å². The summed E-state index contributed by atoms with van der Waals surface area (Å²) in [4.78, 5) is 12.1. The molecule has 1 aromatic carbocycles. The second-order valence-electron chi connectivity index (χ2n) is 4.57. The van der Waals surface area contributed by atoms with Gasteiger partial charge in [0.2, 0.25) is 17.5 Å². The Bertz CT molecular complexity index is 679. The van der Waals surface area contributed by atoms with E-state index in [1.165, 1.54) is 33.1 Å². The highest BCUT2D eigenvalue weighted by atomic mass is 32.2. The number of hydrogen-bond donors (Lipinski definition) is 1. The number of amides is 1. The van der Waals surface area contributed by atoms with Gasteiger partial charge in [-0.3, -0.25) is 4.79 Å². The molecular weight excluding hydrogens is 334 g/mol. The lowest BCUT2D eigenvalue weighted by atomic mass is 10.2. The number of aromatic nitrogens is 2. The van der Waals surface area contributed by atoms with Crippen LogP contribution in [0, 0.1) is 0 Å². The van der Waals surface area contributed by atoms with E-state index in [-0.39, 0.29) is 11.7 Å². The highest BCUT2D eigenvalue weighted by Crippen LogP contribution is 2.39. The predicted octanol–water partition coefficient (Wildman–Crippen LogP) is 2.39. The van der Waals surface area contributed by atoms with E-state index in [0.29, 0.717) is 40.5 Å². The summed E-state index contributed by atoms with van der Waals surface area (Å²) in [7, 11) is 4.55. The molecule has 1 heterocycles. The van der Waals surface area contributed by atoms with E-state index < -0.39 is 0 Å². The molecular formula is C15H19N3O5S. The van der Waals surface area contributed by atoms with Crippen molar-refractivity contribution in [1.82, 2.24) is 10.2 Å². The van der Waals surface area contributed by atoms with Crippen molar-refractivity contribution >= 4 is 23.4 Å². The molecule has 1 aromatic heterocycles. The Morgan fingerprint density at radius 1 is 1.17 bits per heavy atom. The van der Waals surface area contributed by atoms with E-state index in [1.807, 2.05) is 6.92 Å². The molecule has 9 heteroatoms. The average Bonchev–Trinajstić information content (AvgIpc) is 3.07. The summed E-state index contributed by atoms with van der Waals surface area (Å²) in [5.74, 6) is 1.86. The Morgan fingerprint density at radius 2 is 1.83 bits per heavy atom. The van der Waals surface area contributed by atoms with Crippen molar-refractivity contribution in [2.45, 2.75) is 18.6 Å². The molecule has 0 spiro atoms. The Kier molecular flexibility index (Phi) is 6.30. The first kappa shape index (κ1) is 17.9. The summed E-state index contributed by atoms with van der Waals surface area (Å²) in [6.07, 6.45) is 0.658. The van der Waals surface area contributed by atoms with Crippen LogP contribution in [0.4, 0.5) is 5.69 Å². The number of aryl methyl sites for hydroxylation is 1. The molecule has 0 aliphatic heterocycles. The molecule has 0 bridgehead atoms. The molecule has 24 heavy (non-hydrogen) atoms. The second kappa shape index (κ2) is 8.44. The van der Waals surface area contributed by atoms with Gasteiger partial charge in [-0.15, -0.1) is 10.2 Å². The Hall–Kier alpha value is -2.42. The van der Waals surface area contributed by atoms with Gasteiger partial charge in [-0.05, 0) is 0 Å². The van der Waals surface area contributed by atoms with Crippen LogP contribution in [0.2, 0.25) is 0 Å². The fourth-order valence-electron chi connectivity index (χ4n) is 1.92. The fourth-order valence-corrected chi connectivity index (χ4v) is 2.50. The van der Waals surface area contributed by atoms with Gasteiger partial charge in [-0.2, -0.15) is 0 Å². The summed E-state index contributed by atoms with van der Waals surface area (Å²) < 4.78 is 21.1. The molecule has 2 rings (SSSR count). The molecule has 0 saturated heterocycles. The van der Waals surface area contributed by atoms with Crippen LogP contribution in [0.15, 0.2) is 21.8 Å². The molecule has 2 aromatic rings. The van der Waals surface area contributed by atoms with Crippen molar-refractivity contribution in [3.8, 4) is 17.2 Å². The number of rotatable bonds is 8. The van der Waals surface area contributed by atoms with Crippen LogP contribution in [0.25, 0.3) is 0 Å². The minimum Gasteiger partial charge on any atom is -0.493 e. The van der Waals surface area contributed by atoms with Crippen LogP contribution in [0.3, 0.4) is 0 Å². The normalized spacial score (nSPS) is 10.3. The standard InChI is InChI=1S/C15H19N3O5S/c1-5-13-17-18-15(23-13)24-8-12(19)16-9-6-10(20-2)14(22-4)11(7-9)21-3/h6-7H,5,8H2,1-4H3,(H,16,19). The van der Waals surface area contributed by atoms with Gasteiger partial charge in [0.15, 0.2) is 11.5 Å². The number of nitrogens with zero attached hydrogens (tertiary/aromatic N) is 2. The lowest BCUT2D eigenvalue weighted by Gasteiger charge is -2.14. The molecule has 8 nitrogen and oxygen atoms in total. The third-order valence-corrected chi connectivity index (χ3v) is 3.84. The molecule has 0 saturated carbocycles. The Labute approximate surface area is 143 Å². The smallest absolute Gasteiger partial charge is 0.277 e. The van der Waals surface area contributed by atoms with E-state index in [1.54, 1.807) is 12.1 Å². The van der Waals surface area contributed by atoms with Crippen LogP contribution in [-0.4, -0.2) is 43.2 Å². The van der Waals surface area contributed by atoms with E-state index in [2.05, 4.69) is 15.5 Å². The Morgan fingerprint density at radius 3 is 2.33 bits per heavy atom. The SMILES string of the molecule is CCc1nnc(SCC(=O)Nc2cc(OC)c(OC)c(OC)c2)o1. The minimum absolute atomic E-state index is 0.141. The molecule has 0 radical (unpaired) electrons. The van der Waals surface area contributed by atoms with Gasteiger partial charge in [-0.1, -0.05) is 18.7 Å². The largest absolute Gasteiger partial charge is 0.493 e. The molecule has 1 N–H and O–H groups in total. The molecule has 0 aliphatic carbocycles. The summed E-state index contributed by atoms with van der Waals surface area (Å²) >= 11 is 1.17. The number of carbonyl (C=O) groups excluding carboxylic acids is 1. The lowest BCUT2D eigenvalue weighted by molar-refractivity contribution is -0.113. The highest BCUT2D eigenvalue weighted by molar-refractivity contribution is 7.99. The van der Waals surface area contributed by atoms with Gasteiger partial charge in [0.25, 0.3) is 5.22 Å². The first-order chi connectivity index (χ1) is 11.6. The van der Waals surface area contributed by atoms with E-state index in [9.17, 15) is 4.79 Å². The molecule has 130 valence electrons. The number of methoxy groups -OCH3 is 3. The number of hydrogen-bond acceptors (Lipinski definition) is 8. The number of nitrogens with one attached hydrogen (secondary N) is 1. The van der Waals surface area contributed by atoms with Crippen LogP contribution >= 0.6 is 11.8 Å². The molecule has 0 fully saturated rings. The van der Waals surface area contributed by atoms with Crippen LogP contribution < -0.4 is 19.5 Å². The number of carbonyl (C=O) groups is 1. The maximum Gasteiger partial charge on any atom is 0.277 e. The molecule has 0 aliphatic rings. The summed E-state index contributed by atoms with van der Waals surface area (Å²) in [5, 5.41) is 10.8. The second-order valence-corrected chi connectivity index (χ2v) is 5.49. The van der Waals surface area contributed by atoms with Crippen LogP contribution in [-0.2, 0) is 11.2 Å². The first-order valence-corrected chi connectivity index (χ1v) is 8.14. The topological polar surface area (TPSA) is 95.7 Å². The van der Waals surface area contributed by atoms with Gasteiger partial charge < -0.3 is 23.9 Å². The number of thioether (sulfide) groups is 1. The van der Waals surface area contributed by atoms with Gasteiger partial charge in [0, 0.05) is 24.2 Å². The van der Waals surface area contributed by atoms with Crippen molar-refractivity contribution < 1.29 is 23.4 Å². The average molecular weight is 353 g/mol. The quantitative estimate of drug-likeness (QED) is 0.723. The van der Waals surface area contributed by atoms with Gasteiger partial charge in [0.05, 0.1) is 27.1 Å². The third-order valence-electron chi connectivity index (χ3n) is 3.03. The van der Waals surface area contributed by atoms with E-state index >= 15 is 0 Å². The molecule has 1 amide bonds. The molecule has 0 unspecified atom stereocenters. The number of benzene rings is 1. The number of ether oxygens (including phenoxy) is 3. The van der Waals surface area contributed by atoms with Gasteiger partial charge >= 0.3 is 0 Å². The zero-order valence-corrected chi connectivity index (χ0v) is 14.7. The zero-order chi connectivity index (χ0) is 17.5. The van der Waals surface area contributed by atoms with Crippen LogP contribution in [0.1, 0.15) is 12.8 Å². The van der Waals surface area contributed by atoms with Crippen molar-refractivity contribution in [3.05, 3.63) is 18.0 Å². The summed E-state index contributed by atoms with van der Waals surface area (Å²) in [5.41, 5.74) is 0.537. The van der Waals surface area contributed by atoms with Crippen molar-refractivity contribution in [1.29, 1.82) is 0 Å². The van der Waals surface area contributed by atoms with Gasteiger partial charge in [0.1, 0.15) is 0 Å². The third kappa shape index (κ3) is 4.31. The lowest BCUT2D eigenvalue weighted by Crippen LogP contribution is -2.14.